The number of rotatable bonds is 6. The second-order valence-electron chi connectivity index (χ2n) is 4.78. The quantitative estimate of drug-likeness (QED) is 0.804. The van der Waals surface area contributed by atoms with E-state index >= 15 is 0 Å². The van der Waals surface area contributed by atoms with E-state index in [1.807, 2.05) is 7.05 Å². The van der Waals surface area contributed by atoms with Crippen LogP contribution in [0.25, 0.3) is 0 Å². The molecule has 0 aromatic carbocycles. The van der Waals surface area contributed by atoms with Gasteiger partial charge in [-0.05, 0) is 39.3 Å². The highest BCUT2D eigenvalue weighted by Gasteiger charge is 2.31. The molecule has 18 heavy (non-hydrogen) atoms. The van der Waals surface area contributed by atoms with E-state index < -0.39 is 9.84 Å². The Morgan fingerprint density at radius 2 is 2.39 bits per heavy atom. The highest BCUT2D eigenvalue weighted by molar-refractivity contribution is 7.92. The van der Waals surface area contributed by atoms with E-state index in [4.69, 9.17) is 0 Å². The lowest BCUT2D eigenvalue weighted by molar-refractivity contribution is 0.588. The zero-order valence-corrected chi connectivity index (χ0v) is 12.3. The standard InChI is InChI=1S/C12H20N2O2S2/c1-13-6-2-4-10-9-17-12(14-10)8-11-5-3-7-18(11,15)16/h9,11,13H,2-8H2,1H3. The fourth-order valence-electron chi connectivity index (χ4n) is 2.29. The lowest BCUT2D eigenvalue weighted by Gasteiger charge is -2.05. The molecule has 1 aliphatic heterocycles. The van der Waals surface area contributed by atoms with Crippen molar-refractivity contribution < 1.29 is 8.42 Å². The van der Waals surface area contributed by atoms with Gasteiger partial charge in [0.15, 0.2) is 9.84 Å². The van der Waals surface area contributed by atoms with E-state index in [-0.39, 0.29) is 5.25 Å². The van der Waals surface area contributed by atoms with Crippen molar-refractivity contribution in [2.75, 3.05) is 19.3 Å². The van der Waals surface area contributed by atoms with Crippen LogP contribution in [0.15, 0.2) is 5.38 Å². The number of hydrogen-bond donors (Lipinski definition) is 1. The summed E-state index contributed by atoms with van der Waals surface area (Å²) in [6.45, 7) is 0.990. The number of nitrogens with one attached hydrogen (secondary N) is 1. The second kappa shape index (κ2) is 6.12. The first-order chi connectivity index (χ1) is 8.62. The minimum absolute atomic E-state index is 0.186. The molecular formula is C12H20N2O2S2. The summed E-state index contributed by atoms with van der Waals surface area (Å²) in [7, 11) is -0.898. The smallest absolute Gasteiger partial charge is 0.153 e. The minimum Gasteiger partial charge on any atom is -0.320 e. The maximum atomic E-state index is 11.8. The molecule has 1 aromatic rings. The normalized spacial score (nSPS) is 22.4. The van der Waals surface area contributed by atoms with Crippen LogP contribution in [0.1, 0.15) is 30.0 Å². The van der Waals surface area contributed by atoms with Crippen LogP contribution in [-0.4, -0.2) is 38.0 Å². The molecular weight excluding hydrogens is 268 g/mol. The number of aryl methyl sites for hydroxylation is 1. The third-order valence-corrected chi connectivity index (χ3v) is 6.52. The van der Waals surface area contributed by atoms with Crippen LogP contribution < -0.4 is 5.32 Å². The molecule has 0 spiro atoms. The van der Waals surface area contributed by atoms with E-state index in [9.17, 15) is 8.42 Å². The van der Waals surface area contributed by atoms with Gasteiger partial charge in [0.1, 0.15) is 0 Å². The van der Waals surface area contributed by atoms with Crippen LogP contribution in [0.5, 0.6) is 0 Å². The average molecular weight is 288 g/mol. The number of hydrogen-bond acceptors (Lipinski definition) is 5. The summed E-state index contributed by atoms with van der Waals surface area (Å²) in [6, 6.07) is 0. The molecule has 6 heteroatoms. The largest absolute Gasteiger partial charge is 0.320 e. The van der Waals surface area contributed by atoms with Crippen molar-refractivity contribution in [2.45, 2.75) is 37.4 Å². The molecule has 0 aliphatic carbocycles. The Hall–Kier alpha value is -0.460. The number of sulfone groups is 1. The van der Waals surface area contributed by atoms with E-state index in [1.165, 1.54) is 0 Å². The average Bonchev–Trinajstić information content (AvgIpc) is 2.88. The van der Waals surface area contributed by atoms with Gasteiger partial charge in [0.2, 0.25) is 0 Å². The van der Waals surface area contributed by atoms with E-state index in [0.29, 0.717) is 12.2 Å². The molecule has 0 saturated carbocycles. The van der Waals surface area contributed by atoms with Crippen molar-refractivity contribution in [3.05, 3.63) is 16.1 Å². The fraction of sp³-hybridized carbons (Fsp3) is 0.750. The van der Waals surface area contributed by atoms with E-state index in [1.54, 1.807) is 11.3 Å². The zero-order chi connectivity index (χ0) is 13.0. The lowest BCUT2D eigenvalue weighted by Crippen LogP contribution is -2.18. The first kappa shape index (κ1) is 14.0. The van der Waals surface area contributed by atoms with Gasteiger partial charge >= 0.3 is 0 Å². The monoisotopic (exact) mass is 288 g/mol. The molecule has 1 aromatic heterocycles. The summed E-state index contributed by atoms with van der Waals surface area (Å²) in [5, 5.41) is 5.96. The molecule has 2 rings (SSSR count). The second-order valence-corrected chi connectivity index (χ2v) is 8.12. The molecule has 1 N–H and O–H groups in total. The Labute approximate surface area is 113 Å². The summed E-state index contributed by atoms with van der Waals surface area (Å²) in [5.74, 6) is 0.359. The van der Waals surface area contributed by atoms with Gasteiger partial charge < -0.3 is 5.32 Å². The van der Waals surface area contributed by atoms with Crippen molar-refractivity contribution in [3.63, 3.8) is 0 Å². The zero-order valence-electron chi connectivity index (χ0n) is 10.7. The van der Waals surface area contributed by atoms with Crippen LogP contribution in [0.4, 0.5) is 0 Å². The lowest BCUT2D eigenvalue weighted by atomic mass is 10.2. The molecule has 1 atom stereocenters. The van der Waals surface area contributed by atoms with Crippen molar-refractivity contribution in [3.8, 4) is 0 Å². The number of aromatic nitrogens is 1. The molecule has 1 fully saturated rings. The van der Waals surface area contributed by atoms with Gasteiger partial charge in [-0.2, -0.15) is 0 Å². The van der Waals surface area contributed by atoms with Gasteiger partial charge in [-0.15, -0.1) is 11.3 Å². The number of nitrogens with zero attached hydrogens (tertiary/aromatic N) is 1. The van der Waals surface area contributed by atoms with Gasteiger partial charge in [0.05, 0.1) is 21.7 Å². The molecule has 1 saturated heterocycles. The molecule has 0 bridgehead atoms. The first-order valence-electron chi connectivity index (χ1n) is 6.41. The topological polar surface area (TPSA) is 59.1 Å². The van der Waals surface area contributed by atoms with Crippen LogP contribution in [0, 0.1) is 0 Å². The Bertz CT molecular complexity index is 482. The summed E-state index contributed by atoms with van der Waals surface area (Å²) < 4.78 is 23.5. The van der Waals surface area contributed by atoms with Gasteiger partial charge in [0, 0.05) is 11.8 Å². The van der Waals surface area contributed by atoms with Crippen LogP contribution in [0.3, 0.4) is 0 Å². The molecule has 1 aliphatic rings. The van der Waals surface area contributed by atoms with E-state index in [2.05, 4.69) is 15.7 Å². The highest BCUT2D eigenvalue weighted by atomic mass is 32.2. The molecule has 2 heterocycles. The highest BCUT2D eigenvalue weighted by Crippen LogP contribution is 2.25. The Balaban J connectivity index is 1.90. The van der Waals surface area contributed by atoms with Crippen molar-refractivity contribution in [1.29, 1.82) is 0 Å². The van der Waals surface area contributed by atoms with Crippen LogP contribution in [0.2, 0.25) is 0 Å². The fourth-order valence-corrected chi connectivity index (χ4v) is 5.14. The van der Waals surface area contributed by atoms with Crippen molar-refractivity contribution >= 4 is 21.2 Å². The molecule has 0 radical (unpaired) electrons. The summed E-state index contributed by atoms with van der Waals surface area (Å²) in [6.07, 6.45) is 4.26. The summed E-state index contributed by atoms with van der Waals surface area (Å²) >= 11 is 1.60. The molecule has 1 unspecified atom stereocenters. The third kappa shape index (κ3) is 3.52. The Morgan fingerprint density at radius 3 is 3.06 bits per heavy atom. The van der Waals surface area contributed by atoms with Gasteiger partial charge in [-0.25, -0.2) is 13.4 Å². The van der Waals surface area contributed by atoms with Gasteiger partial charge in [-0.1, -0.05) is 0 Å². The predicted molar refractivity (Wildman–Crippen MR) is 74.9 cm³/mol. The Kier molecular flexibility index (Phi) is 4.75. The van der Waals surface area contributed by atoms with Crippen LogP contribution >= 0.6 is 11.3 Å². The van der Waals surface area contributed by atoms with Crippen LogP contribution in [-0.2, 0) is 22.7 Å². The number of thiazole rings is 1. The van der Waals surface area contributed by atoms with Crippen molar-refractivity contribution in [1.82, 2.24) is 10.3 Å². The predicted octanol–water partition coefficient (Wildman–Crippen LogP) is 1.41. The summed E-state index contributed by atoms with van der Waals surface area (Å²) in [4.78, 5) is 4.54. The maximum absolute atomic E-state index is 11.8. The summed E-state index contributed by atoms with van der Waals surface area (Å²) in [5.41, 5.74) is 1.10. The van der Waals surface area contributed by atoms with Gasteiger partial charge in [0.25, 0.3) is 0 Å². The molecule has 4 nitrogen and oxygen atoms in total. The SMILES string of the molecule is CNCCCc1csc(CC2CCCS2(=O)=O)n1. The molecule has 102 valence electrons. The Morgan fingerprint density at radius 1 is 1.56 bits per heavy atom. The molecule has 0 amide bonds. The first-order valence-corrected chi connectivity index (χ1v) is 9.01. The van der Waals surface area contributed by atoms with Crippen molar-refractivity contribution in [2.24, 2.45) is 0 Å². The van der Waals surface area contributed by atoms with Gasteiger partial charge in [-0.3, -0.25) is 0 Å². The maximum Gasteiger partial charge on any atom is 0.153 e. The van der Waals surface area contributed by atoms with E-state index in [0.717, 1.165) is 42.9 Å². The minimum atomic E-state index is -2.84. The third-order valence-electron chi connectivity index (χ3n) is 3.32.